The number of carbonyl (C=O) groups excluding carboxylic acids is 1. The van der Waals surface area contributed by atoms with E-state index in [1.54, 1.807) is 18.0 Å². The van der Waals surface area contributed by atoms with Crippen LogP contribution in [0, 0.1) is 5.92 Å². The van der Waals surface area contributed by atoms with Crippen molar-refractivity contribution < 1.29 is 4.79 Å². The zero-order chi connectivity index (χ0) is 8.85. The van der Waals surface area contributed by atoms with E-state index in [9.17, 15) is 4.79 Å². The molecule has 0 fully saturated rings. The second kappa shape index (κ2) is 4.94. The van der Waals surface area contributed by atoms with Crippen LogP contribution in [0.3, 0.4) is 0 Å². The van der Waals surface area contributed by atoms with Crippen LogP contribution in [0.15, 0.2) is 12.2 Å². The van der Waals surface area contributed by atoms with E-state index in [1.165, 1.54) is 0 Å². The molecule has 0 aliphatic rings. The Hall–Kier alpha value is -0.790. The molecular formula is C9H17NO. The summed E-state index contributed by atoms with van der Waals surface area (Å²) in [6.45, 7) is 6.83. The maximum Gasteiger partial charge on any atom is 0.245 e. The molecule has 0 aliphatic carbocycles. The Kier molecular flexibility index (Phi) is 4.59. The fourth-order valence-corrected chi connectivity index (χ4v) is 0.558. The number of rotatable bonds is 3. The second-order valence-electron chi connectivity index (χ2n) is 2.96. The summed E-state index contributed by atoms with van der Waals surface area (Å²) in [5, 5.41) is 0. The van der Waals surface area contributed by atoms with Gasteiger partial charge < -0.3 is 4.90 Å². The quantitative estimate of drug-likeness (QED) is 0.568. The number of hydrogen-bond acceptors (Lipinski definition) is 1. The van der Waals surface area contributed by atoms with Crippen molar-refractivity contribution in [2.24, 2.45) is 5.92 Å². The molecule has 0 heterocycles. The maximum absolute atomic E-state index is 11.1. The summed E-state index contributed by atoms with van der Waals surface area (Å²) in [5.41, 5.74) is 0. The van der Waals surface area contributed by atoms with Gasteiger partial charge in [-0.15, -0.1) is 0 Å². The molecular weight excluding hydrogens is 138 g/mol. The van der Waals surface area contributed by atoms with Crippen LogP contribution < -0.4 is 0 Å². The van der Waals surface area contributed by atoms with Gasteiger partial charge in [0.2, 0.25) is 5.91 Å². The standard InChI is InChI=1S/C9H17NO/c1-5-10(4)9(11)7-6-8(2)3/h6-8H,5H2,1-4H3/b7-6+. The van der Waals surface area contributed by atoms with E-state index in [-0.39, 0.29) is 5.91 Å². The molecule has 64 valence electrons. The van der Waals surface area contributed by atoms with Crippen molar-refractivity contribution in [3.05, 3.63) is 12.2 Å². The van der Waals surface area contributed by atoms with Gasteiger partial charge in [0.1, 0.15) is 0 Å². The lowest BCUT2D eigenvalue weighted by molar-refractivity contribution is -0.124. The molecule has 0 saturated heterocycles. The van der Waals surface area contributed by atoms with Crippen molar-refractivity contribution in [2.45, 2.75) is 20.8 Å². The third kappa shape index (κ3) is 4.59. The topological polar surface area (TPSA) is 20.3 Å². The molecule has 0 bridgehead atoms. The highest BCUT2D eigenvalue weighted by molar-refractivity contribution is 5.87. The van der Waals surface area contributed by atoms with Gasteiger partial charge in [0.05, 0.1) is 0 Å². The molecule has 1 amide bonds. The van der Waals surface area contributed by atoms with Crippen molar-refractivity contribution in [3.63, 3.8) is 0 Å². The number of likely N-dealkylation sites (N-methyl/N-ethyl adjacent to an activating group) is 1. The first-order valence-electron chi connectivity index (χ1n) is 4.01. The minimum Gasteiger partial charge on any atom is -0.343 e. The summed E-state index contributed by atoms with van der Waals surface area (Å²) in [5.74, 6) is 0.533. The van der Waals surface area contributed by atoms with E-state index in [0.29, 0.717) is 5.92 Å². The molecule has 0 aromatic heterocycles. The molecule has 0 saturated carbocycles. The summed E-state index contributed by atoms with van der Waals surface area (Å²) >= 11 is 0. The van der Waals surface area contributed by atoms with E-state index >= 15 is 0 Å². The van der Waals surface area contributed by atoms with Gasteiger partial charge in [-0.3, -0.25) is 4.79 Å². The van der Waals surface area contributed by atoms with Crippen LogP contribution in [0.25, 0.3) is 0 Å². The van der Waals surface area contributed by atoms with Gasteiger partial charge in [-0.25, -0.2) is 0 Å². The van der Waals surface area contributed by atoms with E-state index < -0.39 is 0 Å². The molecule has 0 unspecified atom stereocenters. The van der Waals surface area contributed by atoms with E-state index in [4.69, 9.17) is 0 Å². The molecule has 0 aromatic carbocycles. The number of nitrogens with zero attached hydrogens (tertiary/aromatic N) is 1. The van der Waals surface area contributed by atoms with Gasteiger partial charge in [-0.1, -0.05) is 19.9 Å². The second-order valence-corrected chi connectivity index (χ2v) is 2.96. The molecule has 0 aliphatic heterocycles. The zero-order valence-corrected chi connectivity index (χ0v) is 7.79. The summed E-state index contributed by atoms with van der Waals surface area (Å²) in [6.07, 6.45) is 3.54. The molecule has 0 spiro atoms. The monoisotopic (exact) mass is 155 g/mol. The molecule has 11 heavy (non-hydrogen) atoms. The van der Waals surface area contributed by atoms with Crippen LogP contribution in [0.2, 0.25) is 0 Å². The lowest BCUT2D eigenvalue weighted by Gasteiger charge is -2.10. The van der Waals surface area contributed by atoms with Crippen molar-refractivity contribution in [3.8, 4) is 0 Å². The lowest BCUT2D eigenvalue weighted by Crippen LogP contribution is -2.24. The summed E-state index contributed by atoms with van der Waals surface area (Å²) in [6, 6.07) is 0. The minimum absolute atomic E-state index is 0.0844. The van der Waals surface area contributed by atoms with Gasteiger partial charge in [-0.05, 0) is 18.9 Å². The van der Waals surface area contributed by atoms with Crippen molar-refractivity contribution >= 4 is 5.91 Å². The Labute approximate surface area is 68.9 Å². The van der Waals surface area contributed by atoms with Crippen molar-refractivity contribution in [1.82, 2.24) is 4.90 Å². The minimum atomic E-state index is 0.0844. The maximum atomic E-state index is 11.1. The third-order valence-corrected chi connectivity index (χ3v) is 1.47. The smallest absolute Gasteiger partial charge is 0.245 e. The van der Waals surface area contributed by atoms with Gasteiger partial charge in [0, 0.05) is 13.6 Å². The van der Waals surface area contributed by atoms with Gasteiger partial charge in [0.25, 0.3) is 0 Å². The highest BCUT2D eigenvalue weighted by atomic mass is 16.2. The Bertz CT molecular complexity index is 150. The van der Waals surface area contributed by atoms with Crippen molar-refractivity contribution in [1.29, 1.82) is 0 Å². The Morgan fingerprint density at radius 1 is 1.55 bits per heavy atom. The Morgan fingerprint density at radius 2 is 2.09 bits per heavy atom. The highest BCUT2D eigenvalue weighted by Crippen LogP contribution is 1.94. The number of amides is 1. The first-order chi connectivity index (χ1) is 5.07. The molecule has 0 radical (unpaired) electrons. The molecule has 2 nitrogen and oxygen atoms in total. The van der Waals surface area contributed by atoms with E-state index in [2.05, 4.69) is 13.8 Å². The van der Waals surface area contributed by atoms with E-state index in [1.807, 2.05) is 13.0 Å². The van der Waals surface area contributed by atoms with E-state index in [0.717, 1.165) is 6.54 Å². The molecule has 0 aromatic rings. The fraction of sp³-hybridized carbons (Fsp3) is 0.667. The fourth-order valence-electron chi connectivity index (χ4n) is 0.558. The van der Waals surface area contributed by atoms with Crippen molar-refractivity contribution in [2.75, 3.05) is 13.6 Å². The third-order valence-electron chi connectivity index (χ3n) is 1.47. The molecule has 2 heteroatoms. The predicted molar refractivity (Wildman–Crippen MR) is 47.3 cm³/mol. The number of hydrogen-bond donors (Lipinski definition) is 0. The largest absolute Gasteiger partial charge is 0.343 e. The lowest BCUT2D eigenvalue weighted by atomic mass is 10.2. The average Bonchev–Trinajstić information content (AvgIpc) is 1.98. The average molecular weight is 155 g/mol. The van der Waals surface area contributed by atoms with Crippen LogP contribution in [0.5, 0.6) is 0 Å². The van der Waals surface area contributed by atoms with Gasteiger partial charge in [0.15, 0.2) is 0 Å². The number of carbonyl (C=O) groups is 1. The van der Waals surface area contributed by atoms with Crippen LogP contribution in [-0.4, -0.2) is 24.4 Å². The summed E-state index contributed by atoms with van der Waals surface area (Å²) in [7, 11) is 1.80. The van der Waals surface area contributed by atoms with Crippen LogP contribution >= 0.6 is 0 Å². The normalized spacial score (nSPS) is 11.0. The Balaban J connectivity index is 3.86. The van der Waals surface area contributed by atoms with Crippen LogP contribution in [0.4, 0.5) is 0 Å². The molecule has 0 atom stereocenters. The summed E-state index contributed by atoms with van der Waals surface area (Å²) in [4.78, 5) is 12.8. The zero-order valence-electron chi connectivity index (χ0n) is 7.79. The first-order valence-corrected chi connectivity index (χ1v) is 4.01. The predicted octanol–water partition coefficient (Wildman–Crippen LogP) is 1.68. The van der Waals surface area contributed by atoms with Crippen LogP contribution in [-0.2, 0) is 4.79 Å². The summed E-state index contributed by atoms with van der Waals surface area (Å²) < 4.78 is 0. The molecule has 0 rings (SSSR count). The Morgan fingerprint density at radius 3 is 2.45 bits per heavy atom. The molecule has 0 N–H and O–H groups in total. The number of allylic oxidation sites excluding steroid dienone is 1. The first kappa shape index (κ1) is 10.2. The highest BCUT2D eigenvalue weighted by Gasteiger charge is 1.99. The van der Waals surface area contributed by atoms with Gasteiger partial charge >= 0.3 is 0 Å². The van der Waals surface area contributed by atoms with Gasteiger partial charge in [-0.2, -0.15) is 0 Å². The SMILES string of the molecule is CCN(C)C(=O)/C=C/C(C)C. The van der Waals surface area contributed by atoms with Crippen LogP contribution in [0.1, 0.15) is 20.8 Å².